The summed E-state index contributed by atoms with van der Waals surface area (Å²) in [6, 6.07) is 3.32. The van der Waals surface area contributed by atoms with Gasteiger partial charge in [0.1, 0.15) is 0 Å². The molecule has 1 nitrogen and oxygen atoms in total. The number of halogens is 3. The van der Waals surface area contributed by atoms with E-state index in [-0.39, 0.29) is 0 Å². The highest BCUT2D eigenvalue weighted by Crippen LogP contribution is 2.29. The summed E-state index contributed by atoms with van der Waals surface area (Å²) in [5, 5.41) is 10.4. The largest absolute Gasteiger partial charge is 0.872 e. The van der Waals surface area contributed by atoms with Crippen molar-refractivity contribution in [3.63, 3.8) is 0 Å². The Balaban J connectivity index is 2.99. The lowest BCUT2D eigenvalue weighted by atomic mass is 10.2. The molecule has 0 amide bonds. The quantitative estimate of drug-likeness (QED) is 0.568. The fraction of sp³-hybridized carbons (Fsp3) is 0.143. The van der Waals surface area contributed by atoms with Gasteiger partial charge in [-0.15, -0.1) is 5.75 Å². The molecule has 0 aliphatic rings. The molecular formula is C7H4F3O-. The Labute approximate surface area is 61.1 Å². The van der Waals surface area contributed by atoms with E-state index >= 15 is 0 Å². The minimum atomic E-state index is -4.35. The van der Waals surface area contributed by atoms with Crippen molar-refractivity contribution in [2.45, 2.75) is 6.18 Å². The molecule has 0 aliphatic heterocycles. The smallest absolute Gasteiger partial charge is 0.416 e. The van der Waals surface area contributed by atoms with Gasteiger partial charge in [0.15, 0.2) is 0 Å². The highest BCUT2D eigenvalue weighted by molar-refractivity contribution is 5.26. The Morgan fingerprint density at radius 1 is 1.00 bits per heavy atom. The van der Waals surface area contributed by atoms with E-state index in [4.69, 9.17) is 0 Å². The summed E-state index contributed by atoms with van der Waals surface area (Å²) in [4.78, 5) is 0. The van der Waals surface area contributed by atoms with E-state index in [0.717, 1.165) is 24.3 Å². The summed E-state index contributed by atoms with van der Waals surface area (Å²) in [5.74, 6) is -0.419. The average Bonchev–Trinajstić information content (AvgIpc) is 1.86. The van der Waals surface area contributed by atoms with Crippen LogP contribution in [0.1, 0.15) is 5.56 Å². The van der Waals surface area contributed by atoms with E-state index in [0.29, 0.717) is 0 Å². The van der Waals surface area contributed by atoms with Gasteiger partial charge in [-0.3, -0.25) is 0 Å². The first kappa shape index (κ1) is 7.91. The van der Waals surface area contributed by atoms with Crippen LogP contribution in [-0.4, -0.2) is 0 Å². The normalized spacial score (nSPS) is 11.5. The van der Waals surface area contributed by atoms with E-state index in [2.05, 4.69) is 0 Å². The molecule has 0 atom stereocenters. The van der Waals surface area contributed by atoms with Gasteiger partial charge < -0.3 is 5.11 Å². The van der Waals surface area contributed by atoms with Gasteiger partial charge in [-0.1, -0.05) is 24.3 Å². The summed E-state index contributed by atoms with van der Waals surface area (Å²) >= 11 is 0. The summed E-state index contributed by atoms with van der Waals surface area (Å²) in [7, 11) is 0. The summed E-state index contributed by atoms with van der Waals surface area (Å²) in [6.45, 7) is 0. The third-order valence-corrected chi connectivity index (χ3v) is 1.18. The van der Waals surface area contributed by atoms with Crippen LogP contribution in [0, 0.1) is 0 Å². The minimum Gasteiger partial charge on any atom is -0.872 e. The number of benzene rings is 1. The standard InChI is InChI=1S/C7H5F3O/c8-7(9,10)5-1-3-6(11)4-2-5/h1-4,11H/p-1. The van der Waals surface area contributed by atoms with E-state index < -0.39 is 17.5 Å². The van der Waals surface area contributed by atoms with Gasteiger partial charge in [-0.05, 0) is 0 Å². The topological polar surface area (TPSA) is 23.1 Å². The monoisotopic (exact) mass is 161 g/mol. The molecule has 0 fully saturated rings. The Hall–Kier alpha value is -1.19. The Morgan fingerprint density at radius 2 is 1.45 bits per heavy atom. The molecule has 0 bridgehead atoms. The Morgan fingerprint density at radius 3 is 1.82 bits per heavy atom. The maximum absolute atomic E-state index is 11.8. The van der Waals surface area contributed by atoms with Crippen LogP contribution in [0.4, 0.5) is 13.2 Å². The molecule has 1 aromatic rings. The SMILES string of the molecule is [O-]c1ccc(C(F)(F)F)cc1. The lowest BCUT2D eigenvalue weighted by Gasteiger charge is -2.08. The van der Waals surface area contributed by atoms with E-state index in [1.54, 1.807) is 0 Å². The molecule has 0 spiro atoms. The van der Waals surface area contributed by atoms with Crippen LogP contribution in [0.2, 0.25) is 0 Å². The van der Waals surface area contributed by atoms with Crippen molar-refractivity contribution in [2.75, 3.05) is 0 Å². The average molecular weight is 161 g/mol. The van der Waals surface area contributed by atoms with Crippen molar-refractivity contribution in [1.82, 2.24) is 0 Å². The van der Waals surface area contributed by atoms with E-state index in [1.165, 1.54) is 0 Å². The maximum atomic E-state index is 11.8. The first-order valence-electron chi connectivity index (χ1n) is 2.84. The summed E-state index contributed by atoms with van der Waals surface area (Å²) in [6.07, 6.45) is -4.35. The van der Waals surface area contributed by atoms with Gasteiger partial charge in [0.25, 0.3) is 0 Å². The molecule has 0 aliphatic carbocycles. The Bertz CT molecular complexity index is 237. The number of alkyl halides is 3. The zero-order chi connectivity index (χ0) is 8.48. The zero-order valence-electron chi connectivity index (χ0n) is 5.35. The molecule has 0 radical (unpaired) electrons. The van der Waals surface area contributed by atoms with Crippen LogP contribution in [0.15, 0.2) is 24.3 Å². The molecule has 1 aromatic carbocycles. The van der Waals surface area contributed by atoms with E-state index in [1.807, 2.05) is 0 Å². The summed E-state index contributed by atoms with van der Waals surface area (Å²) < 4.78 is 35.5. The maximum Gasteiger partial charge on any atom is 0.416 e. The molecule has 4 heteroatoms. The minimum absolute atomic E-state index is 0.419. The first-order chi connectivity index (χ1) is 5.00. The predicted molar refractivity (Wildman–Crippen MR) is 30.9 cm³/mol. The number of hydrogen-bond donors (Lipinski definition) is 0. The van der Waals surface area contributed by atoms with Gasteiger partial charge in [-0.2, -0.15) is 13.2 Å². The van der Waals surface area contributed by atoms with Crippen LogP contribution in [-0.2, 0) is 6.18 Å². The summed E-state index contributed by atoms with van der Waals surface area (Å²) in [5.41, 5.74) is -0.794. The zero-order valence-corrected chi connectivity index (χ0v) is 5.35. The molecular weight excluding hydrogens is 157 g/mol. The highest BCUT2D eigenvalue weighted by atomic mass is 19.4. The molecule has 60 valence electrons. The van der Waals surface area contributed by atoms with Gasteiger partial charge in [0.05, 0.1) is 5.56 Å². The number of hydrogen-bond acceptors (Lipinski definition) is 1. The Kier molecular flexibility index (Phi) is 1.76. The molecule has 0 unspecified atom stereocenters. The van der Waals surface area contributed by atoms with Crippen LogP contribution < -0.4 is 5.11 Å². The third kappa shape index (κ3) is 1.86. The second kappa shape index (κ2) is 2.45. The van der Waals surface area contributed by atoms with Gasteiger partial charge in [-0.25, -0.2) is 0 Å². The third-order valence-electron chi connectivity index (χ3n) is 1.18. The predicted octanol–water partition coefficient (Wildman–Crippen LogP) is 1.78. The molecule has 0 heterocycles. The van der Waals surface area contributed by atoms with Crippen LogP contribution >= 0.6 is 0 Å². The molecule has 0 aromatic heterocycles. The van der Waals surface area contributed by atoms with Crippen LogP contribution in [0.25, 0.3) is 0 Å². The van der Waals surface area contributed by atoms with E-state index in [9.17, 15) is 18.3 Å². The van der Waals surface area contributed by atoms with Crippen LogP contribution in [0.3, 0.4) is 0 Å². The van der Waals surface area contributed by atoms with Crippen LogP contribution in [0.5, 0.6) is 5.75 Å². The first-order valence-corrected chi connectivity index (χ1v) is 2.84. The highest BCUT2D eigenvalue weighted by Gasteiger charge is 2.29. The second-order valence-electron chi connectivity index (χ2n) is 2.02. The van der Waals surface area contributed by atoms with Crippen molar-refractivity contribution in [3.8, 4) is 5.75 Å². The van der Waals surface area contributed by atoms with Gasteiger partial charge in [0.2, 0.25) is 0 Å². The molecule has 11 heavy (non-hydrogen) atoms. The van der Waals surface area contributed by atoms with Crippen molar-refractivity contribution in [2.24, 2.45) is 0 Å². The molecule has 0 saturated carbocycles. The number of rotatable bonds is 0. The lowest BCUT2D eigenvalue weighted by Crippen LogP contribution is -2.04. The van der Waals surface area contributed by atoms with Crippen molar-refractivity contribution >= 4 is 0 Å². The van der Waals surface area contributed by atoms with Gasteiger partial charge in [0, 0.05) is 0 Å². The molecule has 1 rings (SSSR count). The molecule has 0 saturated heterocycles. The lowest BCUT2D eigenvalue weighted by molar-refractivity contribution is -0.268. The molecule has 0 N–H and O–H groups in total. The van der Waals surface area contributed by atoms with Crippen molar-refractivity contribution < 1.29 is 18.3 Å². The van der Waals surface area contributed by atoms with Crippen molar-refractivity contribution in [3.05, 3.63) is 29.8 Å². The second-order valence-corrected chi connectivity index (χ2v) is 2.02. The fourth-order valence-electron chi connectivity index (χ4n) is 0.644. The van der Waals surface area contributed by atoms with Gasteiger partial charge >= 0.3 is 6.18 Å². The van der Waals surface area contributed by atoms with Crippen molar-refractivity contribution in [1.29, 1.82) is 0 Å². The fourth-order valence-corrected chi connectivity index (χ4v) is 0.644.